The van der Waals surface area contributed by atoms with Crippen LogP contribution in [0.15, 0.2) is 6.20 Å². The van der Waals surface area contributed by atoms with Gasteiger partial charge in [-0.25, -0.2) is 0 Å². The van der Waals surface area contributed by atoms with Gasteiger partial charge in [0.15, 0.2) is 0 Å². The molecular formula is C9H15N3. The van der Waals surface area contributed by atoms with Gasteiger partial charge in [-0.3, -0.25) is 4.68 Å². The molecule has 0 radical (unpaired) electrons. The van der Waals surface area contributed by atoms with Crippen LogP contribution >= 0.6 is 0 Å². The quantitative estimate of drug-likeness (QED) is 0.666. The van der Waals surface area contributed by atoms with Crippen LogP contribution in [0.2, 0.25) is 0 Å². The van der Waals surface area contributed by atoms with Crippen molar-refractivity contribution in [3.63, 3.8) is 0 Å². The van der Waals surface area contributed by atoms with Gasteiger partial charge in [-0.15, -0.1) is 0 Å². The van der Waals surface area contributed by atoms with Crippen molar-refractivity contribution in [2.24, 2.45) is 5.73 Å². The Hall–Kier alpha value is -0.830. The van der Waals surface area contributed by atoms with E-state index in [1.807, 2.05) is 6.20 Å². The Morgan fingerprint density at radius 1 is 1.75 bits per heavy atom. The van der Waals surface area contributed by atoms with Crippen molar-refractivity contribution in [2.75, 3.05) is 0 Å². The Morgan fingerprint density at radius 3 is 3.33 bits per heavy atom. The van der Waals surface area contributed by atoms with Crippen LogP contribution in [0, 0.1) is 0 Å². The predicted molar refractivity (Wildman–Crippen MR) is 47.9 cm³/mol. The molecule has 2 rings (SSSR count). The van der Waals surface area contributed by atoms with Crippen molar-refractivity contribution < 1.29 is 0 Å². The second kappa shape index (κ2) is 2.90. The fraction of sp³-hybridized carbons (Fsp3) is 0.667. The summed E-state index contributed by atoms with van der Waals surface area (Å²) in [6.45, 7) is 3.10. The van der Waals surface area contributed by atoms with Crippen LogP contribution in [0.4, 0.5) is 0 Å². The maximum Gasteiger partial charge on any atom is 0.0525 e. The monoisotopic (exact) mass is 165 g/mol. The van der Waals surface area contributed by atoms with E-state index in [-0.39, 0.29) is 0 Å². The van der Waals surface area contributed by atoms with Crippen LogP contribution in [0.5, 0.6) is 0 Å². The Kier molecular flexibility index (Phi) is 1.89. The number of fused-ring (bicyclic) bond motifs is 1. The zero-order chi connectivity index (χ0) is 8.55. The van der Waals surface area contributed by atoms with Crippen LogP contribution in [0.25, 0.3) is 0 Å². The summed E-state index contributed by atoms with van der Waals surface area (Å²) in [7, 11) is 0. The van der Waals surface area contributed by atoms with Crippen LogP contribution in [-0.2, 0) is 19.4 Å². The molecule has 1 aliphatic carbocycles. The summed E-state index contributed by atoms with van der Waals surface area (Å²) < 4.78 is 2.08. The number of aromatic nitrogens is 2. The lowest BCUT2D eigenvalue weighted by Gasteiger charge is -2.18. The van der Waals surface area contributed by atoms with Crippen molar-refractivity contribution in [1.29, 1.82) is 0 Å². The zero-order valence-electron chi connectivity index (χ0n) is 7.45. The third-order valence-electron chi connectivity index (χ3n) is 2.57. The Labute approximate surface area is 72.6 Å². The van der Waals surface area contributed by atoms with Gasteiger partial charge in [0.05, 0.1) is 6.20 Å². The van der Waals surface area contributed by atoms with E-state index in [9.17, 15) is 0 Å². The van der Waals surface area contributed by atoms with Crippen LogP contribution in [0.3, 0.4) is 0 Å². The molecular weight excluding hydrogens is 150 g/mol. The Morgan fingerprint density at radius 2 is 2.58 bits per heavy atom. The SMILES string of the molecule is CCn1ncc2c1CCC(N)C2. The number of hydrogen-bond donors (Lipinski definition) is 1. The van der Waals surface area contributed by atoms with Gasteiger partial charge in [0.2, 0.25) is 0 Å². The molecule has 1 atom stereocenters. The summed E-state index contributed by atoms with van der Waals surface area (Å²) in [5.41, 5.74) is 8.62. The van der Waals surface area contributed by atoms with Crippen molar-refractivity contribution in [1.82, 2.24) is 9.78 Å². The highest BCUT2D eigenvalue weighted by atomic mass is 15.3. The van der Waals surface area contributed by atoms with Gasteiger partial charge in [0.1, 0.15) is 0 Å². The van der Waals surface area contributed by atoms with E-state index in [0.717, 1.165) is 25.8 Å². The molecule has 0 aliphatic heterocycles. The normalized spacial score (nSPS) is 22.3. The standard InChI is InChI=1S/C9H15N3/c1-2-12-9-4-3-8(10)5-7(9)6-11-12/h6,8H,2-5,10H2,1H3. The highest BCUT2D eigenvalue weighted by Crippen LogP contribution is 2.19. The fourth-order valence-corrected chi connectivity index (χ4v) is 1.89. The average molecular weight is 165 g/mol. The molecule has 0 spiro atoms. The summed E-state index contributed by atoms with van der Waals surface area (Å²) in [4.78, 5) is 0. The van der Waals surface area contributed by atoms with E-state index in [2.05, 4.69) is 16.7 Å². The molecule has 2 N–H and O–H groups in total. The first-order valence-electron chi connectivity index (χ1n) is 4.60. The maximum atomic E-state index is 5.86. The van der Waals surface area contributed by atoms with Crippen LogP contribution in [-0.4, -0.2) is 15.8 Å². The summed E-state index contributed by atoms with van der Waals surface area (Å²) in [5, 5.41) is 4.31. The van der Waals surface area contributed by atoms with Gasteiger partial charge in [0.25, 0.3) is 0 Å². The second-order valence-corrected chi connectivity index (χ2v) is 3.44. The van der Waals surface area contributed by atoms with Crippen LogP contribution in [0.1, 0.15) is 24.6 Å². The van der Waals surface area contributed by atoms with Crippen molar-refractivity contribution >= 4 is 0 Å². The van der Waals surface area contributed by atoms with Gasteiger partial charge in [-0.1, -0.05) is 0 Å². The molecule has 0 saturated carbocycles. The molecule has 1 aromatic rings. The molecule has 3 heteroatoms. The number of rotatable bonds is 1. The molecule has 1 aliphatic rings. The minimum atomic E-state index is 0.354. The second-order valence-electron chi connectivity index (χ2n) is 3.44. The predicted octanol–water partition coefficient (Wildman–Crippen LogP) is 0.719. The van der Waals surface area contributed by atoms with Gasteiger partial charge in [-0.2, -0.15) is 5.10 Å². The van der Waals surface area contributed by atoms with E-state index in [4.69, 9.17) is 5.73 Å². The summed E-state index contributed by atoms with van der Waals surface area (Å²) >= 11 is 0. The van der Waals surface area contributed by atoms with Crippen LogP contribution < -0.4 is 5.73 Å². The van der Waals surface area contributed by atoms with Crippen molar-refractivity contribution in [3.8, 4) is 0 Å². The highest BCUT2D eigenvalue weighted by molar-refractivity contribution is 5.22. The third kappa shape index (κ3) is 1.14. The number of nitrogens with zero attached hydrogens (tertiary/aromatic N) is 2. The minimum absolute atomic E-state index is 0.354. The molecule has 0 fully saturated rings. The molecule has 1 heterocycles. The largest absolute Gasteiger partial charge is 0.327 e. The third-order valence-corrected chi connectivity index (χ3v) is 2.57. The molecule has 12 heavy (non-hydrogen) atoms. The van der Waals surface area contributed by atoms with Gasteiger partial charge in [-0.05, 0) is 31.7 Å². The van der Waals surface area contributed by atoms with E-state index in [0.29, 0.717) is 6.04 Å². The Bertz CT molecular complexity index is 277. The van der Waals surface area contributed by atoms with E-state index >= 15 is 0 Å². The lowest BCUT2D eigenvalue weighted by atomic mass is 9.94. The minimum Gasteiger partial charge on any atom is -0.327 e. The van der Waals surface area contributed by atoms with Crippen molar-refractivity contribution in [3.05, 3.63) is 17.5 Å². The summed E-state index contributed by atoms with van der Waals surface area (Å²) in [6.07, 6.45) is 5.19. The molecule has 1 unspecified atom stereocenters. The molecule has 1 aromatic heterocycles. The first kappa shape index (κ1) is 7.80. The Balaban J connectivity index is 2.32. The van der Waals surface area contributed by atoms with Gasteiger partial charge < -0.3 is 5.73 Å². The van der Waals surface area contributed by atoms with Crippen molar-refractivity contribution in [2.45, 2.75) is 38.8 Å². The lowest BCUT2D eigenvalue weighted by Crippen LogP contribution is -2.28. The number of hydrogen-bond acceptors (Lipinski definition) is 2. The number of aryl methyl sites for hydroxylation is 1. The van der Waals surface area contributed by atoms with Gasteiger partial charge in [0, 0.05) is 18.3 Å². The molecule has 0 bridgehead atoms. The lowest BCUT2D eigenvalue weighted by molar-refractivity contribution is 0.535. The summed E-state index contributed by atoms with van der Waals surface area (Å²) in [5.74, 6) is 0. The van der Waals surface area contributed by atoms with E-state index in [1.54, 1.807) is 0 Å². The average Bonchev–Trinajstić information content (AvgIpc) is 2.46. The fourth-order valence-electron chi connectivity index (χ4n) is 1.89. The van der Waals surface area contributed by atoms with E-state index in [1.165, 1.54) is 11.3 Å². The van der Waals surface area contributed by atoms with E-state index < -0.39 is 0 Å². The maximum absolute atomic E-state index is 5.86. The first-order valence-corrected chi connectivity index (χ1v) is 4.60. The summed E-state index contributed by atoms with van der Waals surface area (Å²) in [6, 6.07) is 0.354. The molecule has 66 valence electrons. The molecule has 0 aromatic carbocycles. The molecule has 3 nitrogen and oxygen atoms in total. The number of nitrogens with two attached hydrogens (primary N) is 1. The smallest absolute Gasteiger partial charge is 0.0525 e. The highest BCUT2D eigenvalue weighted by Gasteiger charge is 2.18. The van der Waals surface area contributed by atoms with Gasteiger partial charge >= 0.3 is 0 Å². The topological polar surface area (TPSA) is 43.8 Å². The molecule has 0 amide bonds. The molecule has 0 saturated heterocycles. The zero-order valence-corrected chi connectivity index (χ0v) is 7.45. The first-order chi connectivity index (χ1) is 5.81.